The van der Waals surface area contributed by atoms with Gasteiger partial charge in [0, 0.05) is 12.1 Å². The molecule has 0 saturated heterocycles. The monoisotopic (exact) mass is 299 g/mol. The van der Waals surface area contributed by atoms with Crippen molar-refractivity contribution in [2.75, 3.05) is 0 Å². The lowest BCUT2D eigenvalue weighted by atomic mass is 10.0. The van der Waals surface area contributed by atoms with Crippen molar-refractivity contribution >= 4 is 5.97 Å². The highest BCUT2D eigenvalue weighted by molar-refractivity contribution is 5.73. The number of nitrogens with one attached hydrogen (secondary N) is 1. The second-order valence-electron chi connectivity index (χ2n) is 5.38. The van der Waals surface area contributed by atoms with Crippen LogP contribution in [-0.2, 0) is 11.2 Å². The van der Waals surface area contributed by atoms with Gasteiger partial charge in [-0.25, -0.2) is 8.78 Å². The Labute approximate surface area is 124 Å². The van der Waals surface area contributed by atoms with Gasteiger partial charge in [-0.15, -0.1) is 0 Å². The van der Waals surface area contributed by atoms with Gasteiger partial charge >= 0.3 is 5.97 Å². The average Bonchev–Trinajstić information content (AvgIpc) is 2.42. The van der Waals surface area contributed by atoms with Gasteiger partial charge in [-0.05, 0) is 37.8 Å². The summed E-state index contributed by atoms with van der Waals surface area (Å²) >= 11 is 0. The van der Waals surface area contributed by atoms with Gasteiger partial charge in [0.05, 0.1) is 0 Å². The van der Waals surface area contributed by atoms with Crippen LogP contribution in [0.25, 0.3) is 0 Å². The summed E-state index contributed by atoms with van der Waals surface area (Å²) in [7, 11) is 0. The van der Waals surface area contributed by atoms with Crippen LogP contribution in [-0.4, -0.2) is 23.2 Å². The molecule has 118 valence electrons. The molecule has 0 radical (unpaired) electrons. The first kappa shape index (κ1) is 17.6. The summed E-state index contributed by atoms with van der Waals surface area (Å²) in [6.07, 6.45) is 3.42. The van der Waals surface area contributed by atoms with Crippen molar-refractivity contribution in [3.8, 4) is 0 Å². The molecule has 0 aliphatic carbocycles. The van der Waals surface area contributed by atoms with Crippen molar-refractivity contribution in [1.82, 2.24) is 5.32 Å². The van der Waals surface area contributed by atoms with E-state index in [1.54, 1.807) is 0 Å². The molecule has 0 fully saturated rings. The van der Waals surface area contributed by atoms with Crippen LogP contribution >= 0.6 is 0 Å². The molecule has 1 rings (SSSR count). The first-order valence-electron chi connectivity index (χ1n) is 7.36. The zero-order valence-electron chi connectivity index (χ0n) is 12.5. The minimum absolute atomic E-state index is 0.0487. The van der Waals surface area contributed by atoms with Crippen LogP contribution in [0, 0.1) is 11.6 Å². The molecule has 2 atom stereocenters. The average molecular weight is 299 g/mol. The number of rotatable bonds is 9. The lowest BCUT2D eigenvalue weighted by molar-refractivity contribution is -0.139. The maximum Gasteiger partial charge on any atom is 0.320 e. The SMILES string of the molecule is CCCC[C@H](NC(C)CCc1ccc(F)cc1F)C(=O)O. The summed E-state index contributed by atoms with van der Waals surface area (Å²) in [4.78, 5) is 11.1. The van der Waals surface area contributed by atoms with E-state index in [0.717, 1.165) is 18.9 Å². The molecule has 1 aromatic carbocycles. The van der Waals surface area contributed by atoms with Crippen LogP contribution in [0.2, 0.25) is 0 Å². The molecule has 0 saturated carbocycles. The van der Waals surface area contributed by atoms with Crippen molar-refractivity contribution in [3.63, 3.8) is 0 Å². The number of unbranched alkanes of at least 4 members (excludes halogenated alkanes) is 1. The van der Waals surface area contributed by atoms with Crippen LogP contribution in [0.3, 0.4) is 0 Å². The largest absolute Gasteiger partial charge is 0.480 e. The third kappa shape index (κ3) is 6.21. The molecule has 0 amide bonds. The molecule has 2 N–H and O–H groups in total. The Morgan fingerprint density at radius 3 is 2.62 bits per heavy atom. The molecule has 0 aliphatic heterocycles. The minimum atomic E-state index is -0.858. The smallest absolute Gasteiger partial charge is 0.320 e. The maximum absolute atomic E-state index is 13.5. The Kier molecular flexibility index (Phi) is 7.29. The highest BCUT2D eigenvalue weighted by atomic mass is 19.1. The third-order valence-electron chi connectivity index (χ3n) is 3.49. The molecule has 0 aromatic heterocycles. The van der Waals surface area contributed by atoms with Crippen LogP contribution in [0.15, 0.2) is 18.2 Å². The van der Waals surface area contributed by atoms with E-state index >= 15 is 0 Å². The van der Waals surface area contributed by atoms with Gasteiger partial charge in [0.1, 0.15) is 17.7 Å². The van der Waals surface area contributed by atoms with E-state index < -0.39 is 23.6 Å². The van der Waals surface area contributed by atoms with Gasteiger partial charge in [0.2, 0.25) is 0 Å². The summed E-state index contributed by atoms with van der Waals surface area (Å²) in [5.41, 5.74) is 0.450. The highest BCUT2D eigenvalue weighted by Crippen LogP contribution is 2.13. The topological polar surface area (TPSA) is 49.3 Å². The Morgan fingerprint density at radius 1 is 1.33 bits per heavy atom. The first-order chi connectivity index (χ1) is 9.93. The second kappa shape index (κ2) is 8.72. The Bertz CT molecular complexity index is 466. The quantitative estimate of drug-likeness (QED) is 0.733. The van der Waals surface area contributed by atoms with Crippen molar-refractivity contribution < 1.29 is 18.7 Å². The Morgan fingerprint density at radius 2 is 2.05 bits per heavy atom. The molecular formula is C16H23F2NO2. The molecule has 1 unspecified atom stereocenters. The predicted octanol–water partition coefficient (Wildman–Crippen LogP) is 3.52. The normalized spacial score (nSPS) is 13.9. The van der Waals surface area contributed by atoms with E-state index in [0.29, 0.717) is 24.8 Å². The fourth-order valence-electron chi connectivity index (χ4n) is 2.21. The minimum Gasteiger partial charge on any atom is -0.480 e. The number of hydrogen-bond acceptors (Lipinski definition) is 2. The van der Waals surface area contributed by atoms with Gasteiger partial charge < -0.3 is 10.4 Å². The number of carboxylic acids is 1. The van der Waals surface area contributed by atoms with Crippen molar-refractivity contribution in [2.24, 2.45) is 0 Å². The summed E-state index contributed by atoms with van der Waals surface area (Å²) < 4.78 is 26.3. The van der Waals surface area contributed by atoms with Crippen LogP contribution < -0.4 is 5.32 Å². The number of hydrogen-bond donors (Lipinski definition) is 2. The molecule has 5 heteroatoms. The van der Waals surface area contributed by atoms with E-state index in [1.165, 1.54) is 12.1 Å². The summed E-state index contributed by atoms with van der Waals surface area (Å²) in [5, 5.41) is 12.2. The third-order valence-corrected chi connectivity index (χ3v) is 3.49. The zero-order valence-corrected chi connectivity index (χ0v) is 12.5. The number of aliphatic carboxylic acids is 1. The van der Waals surface area contributed by atoms with E-state index in [9.17, 15) is 13.6 Å². The van der Waals surface area contributed by atoms with Crippen molar-refractivity contribution in [3.05, 3.63) is 35.4 Å². The molecule has 0 heterocycles. The van der Waals surface area contributed by atoms with Crippen molar-refractivity contribution in [2.45, 2.75) is 58.0 Å². The first-order valence-corrected chi connectivity index (χ1v) is 7.36. The molecule has 0 bridgehead atoms. The zero-order chi connectivity index (χ0) is 15.8. The van der Waals surface area contributed by atoms with Gasteiger partial charge in [0.15, 0.2) is 0 Å². The molecule has 3 nitrogen and oxygen atoms in total. The van der Waals surface area contributed by atoms with Crippen LogP contribution in [0.1, 0.15) is 45.1 Å². The van der Waals surface area contributed by atoms with Gasteiger partial charge in [-0.3, -0.25) is 4.79 Å². The standard InChI is InChI=1S/C16H23F2NO2/c1-3-4-5-15(16(20)21)19-11(2)6-7-12-8-9-13(17)10-14(12)18/h8-11,15,19H,3-7H2,1-2H3,(H,20,21)/t11?,15-/m0/s1. The lowest BCUT2D eigenvalue weighted by Crippen LogP contribution is -2.42. The Balaban J connectivity index is 2.48. The van der Waals surface area contributed by atoms with E-state index in [2.05, 4.69) is 5.32 Å². The van der Waals surface area contributed by atoms with E-state index in [4.69, 9.17) is 5.11 Å². The van der Waals surface area contributed by atoms with Gasteiger partial charge in [-0.1, -0.05) is 25.8 Å². The molecule has 0 spiro atoms. The number of carbonyl (C=O) groups is 1. The highest BCUT2D eigenvalue weighted by Gasteiger charge is 2.18. The van der Waals surface area contributed by atoms with Crippen molar-refractivity contribution in [1.29, 1.82) is 0 Å². The number of benzene rings is 1. The molecular weight excluding hydrogens is 276 g/mol. The summed E-state index contributed by atoms with van der Waals surface area (Å²) in [5.74, 6) is -2.00. The summed E-state index contributed by atoms with van der Waals surface area (Å²) in [6, 6.07) is 2.92. The molecule has 1 aromatic rings. The van der Waals surface area contributed by atoms with Crippen LogP contribution in [0.4, 0.5) is 8.78 Å². The van der Waals surface area contributed by atoms with Gasteiger partial charge in [-0.2, -0.15) is 0 Å². The lowest BCUT2D eigenvalue weighted by Gasteiger charge is -2.20. The predicted molar refractivity (Wildman–Crippen MR) is 78.2 cm³/mol. The number of aryl methyl sites for hydroxylation is 1. The van der Waals surface area contributed by atoms with Crippen LogP contribution in [0.5, 0.6) is 0 Å². The number of carboxylic acid groups (broad SMARTS) is 1. The van der Waals surface area contributed by atoms with Gasteiger partial charge in [0.25, 0.3) is 0 Å². The fraction of sp³-hybridized carbons (Fsp3) is 0.562. The molecule has 0 aliphatic rings. The fourth-order valence-corrected chi connectivity index (χ4v) is 2.21. The Hall–Kier alpha value is -1.49. The van der Waals surface area contributed by atoms with E-state index in [1.807, 2.05) is 13.8 Å². The second-order valence-corrected chi connectivity index (χ2v) is 5.38. The summed E-state index contributed by atoms with van der Waals surface area (Å²) in [6.45, 7) is 3.89. The molecule has 21 heavy (non-hydrogen) atoms. The number of halogens is 2. The van der Waals surface area contributed by atoms with E-state index in [-0.39, 0.29) is 6.04 Å². The maximum atomic E-state index is 13.5.